The van der Waals surface area contributed by atoms with Gasteiger partial charge in [0.25, 0.3) is 5.91 Å². The van der Waals surface area contributed by atoms with Gasteiger partial charge in [0.2, 0.25) is 0 Å². The van der Waals surface area contributed by atoms with Crippen LogP contribution < -0.4 is 10.1 Å². The molecule has 2 rings (SSSR count). The van der Waals surface area contributed by atoms with Gasteiger partial charge in [-0.25, -0.2) is 4.79 Å². The van der Waals surface area contributed by atoms with Crippen molar-refractivity contribution in [2.45, 2.75) is 6.92 Å². The Kier molecular flexibility index (Phi) is 4.56. The topological polar surface area (TPSA) is 75.6 Å². The lowest BCUT2D eigenvalue weighted by Crippen LogP contribution is -2.20. The molecule has 0 spiro atoms. The van der Waals surface area contributed by atoms with Crippen molar-refractivity contribution in [2.24, 2.45) is 0 Å². The average Bonchev–Trinajstić information content (AvgIpc) is 2.47. The number of aromatic carboxylic acids is 1. The molecule has 1 amide bonds. The van der Waals surface area contributed by atoms with Gasteiger partial charge in [-0.2, -0.15) is 0 Å². The molecular weight excluding hydrogens is 270 g/mol. The number of para-hydroxylation sites is 1. The molecule has 0 saturated heterocycles. The molecule has 0 unspecified atom stereocenters. The first-order valence-corrected chi connectivity index (χ1v) is 6.38. The Labute approximate surface area is 122 Å². The van der Waals surface area contributed by atoms with Crippen molar-refractivity contribution in [3.63, 3.8) is 0 Å². The second kappa shape index (κ2) is 6.56. The van der Waals surface area contributed by atoms with Crippen LogP contribution in [0.5, 0.6) is 5.75 Å². The van der Waals surface area contributed by atoms with E-state index in [4.69, 9.17) is 9.84 Å². The predicted molar refractivity (Wildman–Crippen MR) is 78.7 cm³/mol. The number of rotatable bonds is 5. The van der Waals surface area contributed by atoms with Crippen molar-refractivity contribution in [1.82, 2.24) is 0 Å². The Morgan fingerprint density at radius 3 is 2.38 bits per heavy atom. The Bertz CT molecular complexity index is 650. The molecule has 0 atom stereocenters. The van der Waals surface area contributed by atoms with Crippen LogP contribution in [0.1, 0.15) is 15.9 Å². The fraction of sp³-hybridized carbons (Fsp3) is 0.125. The Morgan fingerprint density at radius 2 is 1.76 bits per heavy atom. The van der Waals surface area contributed by atoms with Crippen LogP contribution in [0.3, 0.4) is 0 Å². The third-order valence-electron chi connectivity index (χ3n) is 2.87. The van der Waals surface area contributed by atoms with Crippen LogP contribution in [0.15, 0.2) is 48.5 Å². The highest BCUT2D eigenvalue weighted by Crippen LogP contribution is 2.16. The van der Waals surface area contributed by atoms with Gasteiger partial charge in [-0.1, -0.05) is 18.2 Å². The summed E-state index contributed by atoms with van der Waals surface area (Å²) >= 11 is 0. The van der Waals surface area contributed by atoms with Crippen molar-refractivity contribution in [3.8, 4) is 5.75 Å². The summed E-state index contributed by atoms with van der Waals surface area (Å²) in [6, 6.07) is 13.4. The van der Waals surface area contributed by atoms with Crippen LogP contribution in [0, 0.1) is 6.92 Å². The van der Waals surface area contributed by atoms with E-state index < -0.39 is 5.97 Å². The van der Waals surface area contributed by atoms with E-state index in [0.29, 0.717) is 11.4 Å². The lowest BCUT2D eigenvalue weighted by Gasteiger charge is -2.09. The van der Waals surface area contributed by atoms with E-state index in [0.717, 1.165) is 5.56 Å². The first-order chi connectivity index (χ1) is 10.1. The maximum absolute atomic E-state index is 11.8. The summed E-state index contributed by atoms with van der Waals surface area (Å²) in [6.07, 6.45) is 0. The summed E-state index contributed by atoms with van der Waals surface area (Å²) in [5.41, 5.74) is 1.65. The zero-order valence-corrected chi connectivity index (χ0v) is 11.5. The van der Waals surface area contributed by atoms with E-state index in [1.807, 2.05) is 25.1 Å². The first kappa shape index (κ1) is 14.6. The Morgan fingerprint density at radius 1 is 1.10 bits per heavy atom. The van der Waals surface area contributed by atoms with Crippen molar-refractivity contribution in [3.05, 3.63) is 59.7 Å². The smallest absolute Gasteiger partial charge is 0.335 e. The van der Waals surface area contributed by atoms with Crippen LogP contribution >= 0.6 is 0 Å². The quantitative estimate of drug-likeness (QED) is 0.885. The molecule has 21 heavy (non-hydrogen) atoms. The lowest BCUT2D eigenvalue weighted by atomic mass is 10.2. The molecular formula is C16H15NO4. The summed E-state index contributed by atoms with van der Waals surface area (Å²) in [4.78, 5) is 22.5. The van der Waals surface area contributed by atoms with Crippen LogP contribution in [-0.4, -0.2) is 23.6 Å². The van der Waals surface area contributed by atoms with Gasteiger partial charge in [-0.05, 0) is 42.8 Å². The zero-order valence-electron chi connectivity index (χ0n) is 11.5. The highest BCUT2D eigenvalue weighted by atomic mass is 16.5. The second-order valence-electron chi connectivity index (χ2n) is 4.48. The van der Waals surface area contributed by atoms with Gasteiger partial charge in [0.05, 0.1) is 5.56 Å². The van der Waals surface area contributed by atoms with Crippen molar-refractivity contribution < 1.29 is 19.4 Å². The molecule has 0 fully saturated rings. The number of anilines is 1. The molecule has 0 heterocycles. The van der Waals surface area contributed by atoms with Crippen molar-refractivity contribution in [1.29, 1.82) is 0 Å². The van der Waals surface area contributed by atoms with Crippen LogP contribution in [-0.2, 0) is 4.79 Å². The molecule has 0 aliphatic heterocycles. The van der Waals surface area contributed by atoms with Gasteiger partial charge < -0.3 is 15.2 Å². The van der Waals surface area contributed by atoms with Gasteiger partial charge >= 0.3 is 5.97 Å². The summed E-state index contributed by atoms with van der Waals surface area (Å²) in [6.45, 7) is 1.80. The highest BCUT2D eigenvalue weighted by molar-refractivity contribution is 5.93. The molecule has 2 N–H and O–H groups in total. The first-order valence-electron chi connectivity index (χ1n) is 6.38. The lowest BCUT2D eigenvalue weighted by molar-refractivity contribution is -0.118. The van der Waals surface area contributed by atoms with Gasteiger partial charge in [0.1, 0.15) is 5.75 Å². The van der Waals surface area contributed by atoms with E-state index in [1.165, 1.54) is 24.3 Å². The van der Waals surface area contributed by atoms with E-state index in [2.05, 4.69) is 5.32 Å². The van der Waals surface area contributed by atoms with Crippen molar-refractivity contribution >= 4 is 17.6 Å². The zero-order chi connectivity index (χ0) is 15.2. The number of carboxylic acids is 1. The summed E-state index contributed by atoms with van der Waals surface area (Å²) in [7, 11) is 0. The molecule has 0 aromatic heterocycles. The number of carbonyl (C=O) groups excluding carboxylic acids is 1. The Balaban J connectivity index is 1.90. The molecule has 0 aliphatic rings. The monoisotopic (exact) mass is 285 g/mol. The number of nitrogens with one attached hydrogen (secondary N) is 1. The number of carboxylic acid groups (broad SMARTS) is 1. The molecule has 2 aromatic rings. The number of hydrogen-bond donors (Lipinski definition) is 2. The SMILES string of the molecule is Cc1ccccc1OCC(=O)Nc1ccc(C(=O)O)cc1. The number of carbonyl (C=O) groups is 2. The summed E-state index contributed by atoms with van der Waals surface area (Å²) < 4.78 is 5.43. The maximum atomic E-state index is 11.8. The van der Waals surface area contributed by atoms with Gasteiger partial charge in [0.15, 0.2) is 6.61 Å². The third-order valence-corrected chi connectivity index (χ3v) is 2.87. The Hall–Kier alpha value is -2.82. The molecule has 0 saturated carbocycles. The van der Waals surface area contributed by atoms with Gasteiger partial charge in [0, 0.05) is 5.69 Å². The molecule has 0 bridgehead atoms. The second-order valence-corrected chi connectivity index (χ2v) is 4.48. The molecule has 2 aromatic carbocycles. The number of amides is 1. The largest absolute Gasteiger partial charge is 0.483 e. The highest BCUT2D eigenvalue weighted by Gasteiger charge is 2.06. The fourth-order valence-electron chi connectivity index (χ4n) is 1.75. The van der Waals surface area contributed by atoms with Crippen LogP contribution in [0.4, 0.5) is 5.69 Å². The number of ether oxygens (including phenoxy) is 1. The minimum absolute atomic E-state index is 0.106. The summed E-state index contributed by atoms with van der Waals surface area (Å²) in [5.74, 6) is -0.647. The van der Waals surface area contributed by atoms with Gasteiger partial charge in [-0.3, -0.25) is 4.79 Å². The van der Waals surface area contributed by atoms with Crippen LogP contribution in [0.2, 0.25) is 0 Å². The molecule has 5 nitrogen and oxygen atoms in total. The third kappa shape index (κ3) is 4.07. The van der Waals surface area contributed by atoms with Crippen molar-refractivity contribution in [2.75, 3.05) is 11.9 Å². The van der Waals surface area contributed by atoms with Crippen LogP contribution in [0.25, 0.3) is 0 Å². The number of aryl methyl sites for hydroxylation is 1. The minimum atomic E-state index is -1.00. The van der Waals surface area contributed by atoms with Gasteiger partial charge in [-0.15, -0.1) is 0 Å². The molecule has 0 radical (unpaired) electrons. The molecule has 108 valence electrons. The maximum Gasteiger partial charge on any atom is 0.335 e. The minimum Gasteiger partial charge on any atom is -0.483 e. The van der Waals surface area contributed by atoms with E-state index in [-0.39, 0.29) is 18.1 Å². The predicted octanol–water partition coefficient (Wildman–Crippen LogP) is 2.71. The summed E-state index contributed by atoms with van der Waals surface area (Å²) in [5, 5.41) is 11.4. The van der Waals surface area contributed by atoms with E-state index in [9.17, 15) is 9.59 Å². The molecule has 0 aliphatic carbocycles. The fourth-order valence-corrected chi connectivity index (χ4v) is 1.75. The molecule has 5 heteroatoms. The number of hydrogen-bond acceptors (Lipinski definition) is 3. The van der Waals surface area contributed by atoms with E-state index >= 15 is 0 Å². The number of benzene rings is 2. The standard InChI is InChI=1S/C16H15NO4/c1-11-4-2-3-5-14(11)21-10-15(18)17-13-8-6-12(7-9-13)16(19)20/h2-9H,10H2,1H3,(H,17,18)(H,19,20). The normalized spacial score (nSPS) is 9.95. The average molecular weight is 285 g/mol. The van der Waals surface area contributed by atoms with E-state index in [1.54, 1.807) is 6.07 Å².